The van der Waals surface area contributed by atoms with Crippen LogP contribution < -0.4 is 0 Å². The zero-order chi connectivity index (χ0) is 11.9. The Balaban J connectivity index is 2.81. The van der Waals surface area contributed by atoms with Gasteiger partial charge in [0.05, 0.1) is 0 Å². The van der Waals surface area contributed by atoms with Crippen LogP contribution in [0.1, 0.15) is 0 Å². The molecule has 3 nitrogen and oxygen atoms in total. The van der Waals surface area contributed by atoms with Crippen LogP contribution in [0.4, 0.5) is 22.0 Å². The maximum absolute atomic E-state index is 13.2. The van der Waals surface area contributed by atoms with Crippen LogP contribution in [-0.4, -0.2) is 14.8 Å². The van der Waals surface area contributed by atoms with Gasteiger partial charge >= 0.3 is 0 Å². The van der Waals surface area contributed by atoms with E-state index in [4.69, 9.17) is 0 Å². The summed E-state index contributed by atoms with van der Waals surface area (Å²) in [6.07, 6.45) is 1.72. The van der Waals surface area contributed by atoms with Crippen molar-refractivity contribution < 1.29 is 22.0 Å². The van der Waals surface area contributed by atoms with Crippen molar-refractivity contribution in [1.29, 1.82) is 0 Å². The molecule has 0 spiro atoms. The first-order valence-electron chi connectivity index (χ1n) is 3.90. The van der Waals surface area contributed by atoms with E-state index in [9.17, 15) is 22.0 Å². The lowest BCUT2D eigenvalue weighted by molar-refractivity contribution is 0.374. The van der Waals surface area contributed by atoms with Crippen LogP contribution in [0.3, 0.4) is 0 Å². The summed E-state index contributed by atoms with van der Waals surface area (Å²) in [6.45, 7) is 0. The Morgan fingerprint density at radius 2 is 1.31 bits per heavy atom. The molecule has 0 unspecified atom stereocenters. The SMILES string of the molecule is Fc1c(F)c(F)c(-n2cncn2)c(F)c1F. The van der Waals surface area contributed by atoms with Crippen molar-refractivity contribution in [2.45, 2.75) is 0 Å². The van der Waals surface area contributed by atoms with Gasteiger partial charge < -0.3 is 0 Å². The summed E-state index contributed by atoms with van der Waals surface area (Å²) in [5.41, 5.74) is -1.16. The lowest BCUT2D eigenvalue weighted by Crippen LogP contribution is -2.09. The van der Waals surface area contributed by atoms with E-state index in [1.807, 2.05) is 0 Å². The van der Waals surface area contributed by atoms with Gasteiger partial charge in [0.25, 0.3) is 0 Å². The van der Waals surface area contributed by atoms with E-state index in [1.54, 1.807) is 0 Å². The molecule has 1 aromatic heterocycles. The Bertz CT molecular complexity index is 508. The Hall–Kier alpha value is -1.99. The van der Waals surface area contributed by atoms with Gasteiger partial charge in [-0.05, 0) is 0 Å². The summed E-state index contributed by atoms with van der Waals surface area (Å²) in [4.78, 5) is 3.34. The molecule has 16 heavy (non-hydrogen) atoms. The third-order valence-electron chi connectivity index (χ3n) is 1.83. The first-order chi connectivity index (χ1) is 7.54. The molecule has 0 aliphatic heterocycles. The highest BCUT2D eigenvalue weighted by molar-refractivity contribution is 5.36. The topological polar surface area (TPSA) is 30.7 Å². The molecule has 0 aliphatic carbocycles. The second kappa shape index (κ2) is 3.54. The fraction of sp³-hybridized carbons (Fsp3) is 0. The lowest BCUT2D eigenvalue weighted by atomic mass is 10.2. The van der Waals surface area contributed by atoms with Gasteiger partial charge in [0, 0.05) is 0 Å². The minimum Gasteiger partial charge on any atom is -0.223 e. The van der Waals surface area contributed by atoms with Crippen molar-refractivity contribution in [2.24, 2.45) is 0 Å². The molecular formula is C8H2F5N3. The largest absolute Gasteiger partial charge is 0.223 e. The van der Waals surface area contributed by atoms with Gasteiger partial charge in [0.2, 0.25) is 5.82 Å². The van der Waals surface area contributed by atoms with Crippen LogP contribution in [0.5, 0.6) is 0 Å². The fourth-order valence-electron chi connectivity index (χ4n) is 1.12. The van der Waals surface area contributed by atoms with Crippen molar-refractivity contribution in [3.63, 3.8) is 0 Å². The van der Waals surface area contributed by atoms with E-state index >= 15 is 0 Å². The Morgan fingerprint density at radius 3 is 1.75 bits per heavy atom. The first kappa shape index (κ1) is 10.5. The molecule has 2 rings (SSSR count). The van der Waals surface area contributed by atoms with Gasteiger partial charge in [0.15, 0.2) is 23.3 Å². The molecule has 1 heterocycles. The molecule has 1 aromatic carbocycles. The number of rotatable bonds is 1. The van der Waals surface area contributed by atoms with Gasteiger partial charge in [0.1, 0.15) is 18.3 Å². The zero-order valence-corrected chi connectivity index (χ0v) is 7.39. The highest BCUT2D eigenvalue weighted by Crippen LogP contribution is 2.25. The third-order valence-corrected chi connectivity index (χ3v) is 1.83. The molecular weight excluding hydrogens is 233 g/mol. The predicted molar refractivity (Wildman–Crippen MR) is 41.1 cm³/mol. The second-order valence-electron chi connectivity index (χ2n) is 2.76. The molecule has 0 atom stereocenters. The first-order valence-corrected chi connectivity index (χ1v) is 3.90. The van der Waals surface area contributed by atoms with Gasteiger partial charge in [-0.15, -0.1) is 0 Å². The average molecular weight is 235 g/mol. The maximum Gasteiger partial charge on any atom is 0.200 e. The summed E-state index contributed by atoms with van der Waals surface area (Å²) in [6, 6.07) is 0. The molecule has 0 saturated carbocycles. The van der Waals surface area contributed by atoms with Crippen LogP contribution in [0, 0.1) is 29.1 Å². The molecule has 84 valence electrons. The monoisotopic (exact) mass is 235 g/mol. The van der Waals surface area contributed by atoms with E-state index in [0.29, 0.717) is 4.68 Å². The van der Waals surface area contributed by atoms with Gasteiger partial charge in [-0.2, -0.15) is 5.10 Å². The maximum atomic E-state index is 13.2. The molecule has 2 aromatic rings. The molecule has 0 radical (unpaired) electrons. The highest BCUT2D eigenvalue weighted by atomic mass is 19.2. The number of nitrogens with zero attached hydrogens (tertiary/aromatic N) is 3. The molecule has 8 heteroatoms. The molecule has 0 bridgehead atoms. The lowest BCUT2D eigenvalue weighted by Gasteiger charge is -2.06. The zero-order valence-electron chi connectivity index (χ0n) is 7.39. The summed E-state index contributed by atoms with van der Waals surface area (Å²) in [5, 5.41) is 3.29. The van der Waals surface area contributed by atoms with Crippen molar-refractivity contribution >= 4 is 0 Å². The minimum absolute atomic E-state index is 0.455. The van der Waals surface area contributed by atoms with Crippen LogP contribution in [0.15, 0.2) is 12.7 Å². The average Bonchev–Trinajstić information content (AvgIpc) is 2.77. The van der Waals surface area contributed by atoms with Crippen molar-refractivity contribution in [2.75, 3.05) is 0 Å². The summed E-state index contributed by atoms with van der Waals surface area (Å²) in [5.74, 6) is -10.2. The molecule has 0 saturated heterocycles. The smallest absolute Gasteiger partial charge is 0.200 e. The highest BCUT2D eigenvalue weighted by Gasteiger charge is 2.27. The number of benzene rings is 1. The minimum atomic E-state index is -2.21. The van der Waals surface area contributed by atoms with E-state index in [2.05, 4.69) is 10.1 Å². The van der Waals surface area contributed by atoms with Crippen LogP contribution in [0.2, 0.25) is 0 Å². The van der Waals surface area contributed by atoms with Gasteiger partial charge in [-0.25, -0.2) is 31.6 Å². The Morgan fingerprint density at radius 1 is 0.812 bits per heavy atom. The van der Waals surface area contributed by atoms with Crippen LogP contribution in [-0.2, 0) is 0 Å². The molecule has 0 N–H and O–H groups in total. The number of halogens is 5. The Labute approximate surface area is 85.1 Å². The molecule has 0 fully saturated rings. The van der Waals surface area contributed by atoms with E-state index in [1.165, 1.54) is 0 Å². The standard InChI is InChI=1S/C8H2F5N3/c9-3-4(10)6(12)8(7(13)5(3)11)16-2-14-1-15-16/h1-2H. The quantitative estimate of drug-likeness (QED) is 0.429. The third kappa shape index (κ3) is 1.34. The Kier molecular flexibility index (Phi) is 2.33. The van der Waals surface area contributed by atoms with Crippen LogP contribution in [0.25, 0.3) is 5.69 Å². The van der Waals surface area contributed by atoms with Crippen molar-refractivity contribution in [3.05, 3.63) is 41.7 Å². The van der Waals surface area contributed by atoms with Gasteiger partial charge in [-0.1, -0.05) is 0 Å². The fourth-order valence-corrected chi connectivity index (χ4v) is 1.12. The number of hydrogen-bond donors (Lipinski definition) is 0. The molecule has 0 aliphatic rings. The van der Waals surface area contributed by atoms with E-state index in [0.717, 1.165) is 12.7 Å². The predicted octanol–water partition coefficient (Wildman–Crippen LogP) is 1.96. The van der Waals surface area contributed by atoms with E-state index in [-0.39, 0.29) is 0 Å². The summed E-state index contributed by atoms with van der Waals surface area (Å²) in [7, 11) is 0. The van der Waals surface area contributed by atoms with E-state index < -0.39 is 34.8 Å². The number of aromatic nitrogens is 3. The van der Waals surface area contributed by atoms with Crippen molar-refractivity contribution in [3.8, 4) is 5.69 Å². The van der Waals surface area contributed by atoms with Crippen molar-refractivity contribution in [1.82, 2.24) is 14.8 Å². The second-order valence-corrected chi connectivity index (χ2v) is 2.76. The summed E-state index contributed by atoms with van der Waals surface area (Å²) < 4.78 is 65.0. The summed E-state index contributed by atoms with van der Waals surface area (Å²) >= 11 is 0. The molecule has 0 amide bonds. The number of hydrogen-bond acceptors (Lipinski definition) is 2. The van der Waals surface area contributed by atoms with Crippen LogP contribution >= 0.6 is 0 Å². The van der Waals surface area contributed by atoms with Gasteiger partial charge in [-0.3, -0.25) is 0 Å². The normalized spacial score (nSPS) is 10.8.